The zero-order valence-corrected chi connectivity index (χ0v) is 9.72. The van der Waals surface area contributed by atoms with Crippen molar-refractivity contribution in [1.82, 2.24) is 5.32 Å². The van der Waals surface area contributed by atoms with Gasteiger partial charge in [0.1, 0.15) is 0 Å². The van der Waals surface area contributed by atoms with Gasteiger partial charge in [-0.3, -0.25) is 10.1 Å². The third-order valence-electron chi connectivity index (χ3n) is 2.29. The second-order valence-electron chi connectivity index (χ2n) is 3.79. The Morgan fingerprint density at radius 3 is 2.21 bits per heavy atom. The fourth-order valence-corrected chi connectivity index (χ4v) is 1.35. The Morgan fingerprint density at radius 2 is 1.57 bits per heavy atom. The molecule has 0 aliphatic rings. The zero-order chi connectivity index (χ0) is 10.6. The predicted octanol–water partition coefficient (Wildman–Crippen LogP) is 3.28. The maximum Gasteiger partial charge on any atom is 0.241 e. The lowest BCUT2D eigenvalue weighted by Gasteiger charge is -2.01. The summed E-state index contributed by atoms with van der Waals surface area (Å²) in [6, 6.07) is 0. The highest BCUT2D eigenvalue weighted by Crippen LogP contribution is 2.02. The van der Waals surface area contributed by atoms with Crippen molar-refractivity contribution in [1.29, 1.82) is 0 Å². The van der Waals surface area contributed by atoms with Crippen molar-refractivity contribution in [2.45, 2.75) is 65.2 Å². The van der Waals surface area contributed by atoms with Crippen molar-refractivity contribution in [3.63, 3.8) is 0 Å². The summed E-state index contributed by atoms with van der Waals surface area (Å²) in [5.41, 5.74) is 0. The molecule has 83 valence electrons. The lowest BCUT2D eigenvalue weighted by atomic mass is 10.1. The van der Waals surface area contributed by atoms with Gasteiger partial charge < -0.3 is 0 Å². The summed E-state index contributed by atoms with van der Waals surface area (Å²) in [7, 11) is 0. The first-order valence-electron chi connectivity index (χ1n) is 6.01. The Bertz CT molecular complexity index is 120. The van der Waals surface area contributed by atoms with Gasteiger partial charge in [-0.25, -0.2) is 0 Å². The highest BCUT2D eigenvalue weighted by Gasteiger charge is 2.01. The molecule has 0 aliphatic heterocycles. The lowest BCUT2D eigenvalue weighted by molar-refractivity contribution is -0.121. The second kappa shape index (κ2) is 10.6. The number of rotatable bonds is 9. The van der Waals surface area contributed by atoms with Crippen molar-refractivity contribution in [2.24, 2.45) is 0 Å². The number of amides is 1. The first kappa shape index (κ1) is 13.5. The Balaban J connectivity index is 3.11. The molecule has 14 heavy (non-hydrogen) atoms. The van der Waals surface area contributed by atoms with Gasteiger partial charge in [0.25, 0.3) is 0 Å². The van der Waals surface area contributed by atoms with Crippen LogP contribution < -0.4 is 5.32 Å². The van der Waals surface area contributed by atoms with Crippen LogP contribution in [-0.2, 0) is 4.79 Å². The van der Waals surface area contributed by atoms with Crippen molar-refractivity contribution >= 4 is 5.91 Å². The summed E-state index contributed by atoms with van der Waals surface area (Å²) >= 11 is 0. The van der Waals surface area contributed by atoms with E-state index in [0.717, 1.165) is 19.4 Å². The van der Waals surface area contributed by atoms with Crippen LogP contribution in [0, 0.1) is 0 Å². The molecule has 0 fully saturated rings. The van der Waals surface area contributed by atoms with Crippen LogP contribution in [0.15, 0.2) is 0 Å². The molecular formula is C12H24NO. The van der Waals surface area contributed by atoms with Gasteiger partial charge in [0.05, 0.1) is 0 Å². The zero-order valence-electron chi connectivity index (χ0n) is 9.72. The monoisotopic (exact) mass is 198 g/mol. The number of carbonyl (C=O) groups is 1. The van der Waals surface area contributed by atoms with Crippen LogP contribution in [0.5, 0.6) is 0 Å². The number of nitrogens with zero attached hydrogens (tertiary/aromatic N) is 1. The molecule has 0 unspecified atom stereocenters. The lowest BCUT2D eigenvalue weighted by Crippen LogP contribution is -2.16. The molecule has 2 nitrogen and oxygen atoms in total. The van der Waals surface area contributed by atoms with Gasteiger partial charge in [0.15, 0.2) is 0 Å². The number of carbonyl (C=O) groups excluding carboxylic acids is 1. The van der Waals surface area contributed by atoms with Crippen LogP contribution in [0.4, 0.5) is 0 Å². The predicted molar refractivity (Wildman–Crippen MR) is 60.3 cm³/mol. The molecule has 0 aromatic rings. The van der Waals surface area contributed by atoms with Crippen LogP contribution in [0.25, 0.3) is 0 Å². The van der Waals surface area contributed by atoms with E-state index in [2.05, 4.69) is 19.2 Å². The van der Waals surface area contributed by atoms with Crippen molar-refractivity contribution in [3.8, 4) is 0 Å². The van der Waals surface area contributed by atoms with E-state index in [-0.39, 0.29) is 5.91 Å². The quantitative estimate of drug-likeness (QED) is 0.523. The fraction of sp³-hybridized carbons (Fsp3) is 0.917. The van der Waals surface area contributed by atoms with Gasteiger partial charge in [-0.05, 0) is 12.8 Å². The third kappa shape index (κ3) is 9.56. The molecule has 0 rings (SSSR count). The van der Waals surface area contributed by atoms with Gasteiger partial charge >= 0.3 is 0 Å². The SMILES string of the molecule is CCCCCCC(=O)[N]CCCCC. The van der Waals surface area contributed by atoms with Crippen LogP contribution in [0.3, 0.4) is 0 Å². The summed E-state index contributed by atoms with van der Waals surface area (Å²) < 4.78 is 0. The van der Waals surface area contributed by atoms with E-state index in [9.17, 15) is 4.79 Å². The van der Waals surface area contributed by atoms with Crippen molar-refractivity contribution < 1.29 is 4.79 Å². The van der Waals surface area contributed by atoms with Crippen LogP contribution in [0.2, 0.25) is 0 Å². The summed E-state index contributed by atoms with van der Waals surface area (Å²) in [6.45, 7) is 5.07. The molecular weight excluding hydrogens is 174 g/mol. The van der Waals surface area contributed by atoms with E-state index in [4.69, 9.17) is 0 Å². The molecule has 0 bridgehead atoms. The first-order chi connectivity index (χ1) is 6.81. The molecule has 2 heteroatoms. The van der Waals surface area contributed by atoms with Crippen LogP contribution in [0.1, 0.15) is 65.2 Å². The number of hydrogen-bond donors (Lipinski definition) is 0. The molecule has 0 heterocycles. The number of hydrogen-bond acceptors (Lipinski definition) is 1. The Labute approximate surface area is 88.5 Å². The minimum Gasteiger partial charge on any atom is -0.273 e. The maximum atomic E-state index is 11.2. The van der Waals surface area contributed by atoms with Crippen LogP contribution in [-0.4, -0.2) is 12.5 Å². The molecule has 0 aromatic carbocycles. The standard InChI is InChI=1S/C12H24NO/c1-3-5-7-8-10-12(14)13-11-9-6-4-2/h3-11H2,1-2H3. The van der Waals surface area contributed by atoms with Crippen molar-refractivity contribution in [2.75, 3.05) is 6.54 Å². The van der Waals surface area contributed by atoms with E-state index < -0.39 is 0 Å². The van der Waals surface area contributed by atoms with E-state index in [1.807, 2.05) is 0 Å². The van der Waals surface area contributed by atoms with E-state index in [0.29, 0.717) is 6.42 Å². The number of unbranched alkanes of at least 4 members (excludes halogenated alkanes) is 5. The molecule has 1 amide bonds. The minimum absolute atomic E-state index is 0.109. The van der Waals surface area contributed by atoms with Gasteiger partial charge in [-0.1, -0.05) is 46.0 Å². The summed E-state index contributed by atoms with van der Waals surface area (Å²) in [5, 5.41) is 4.02. The molecule has 0 aromatic heterocycles. The largest absolute Gasteiger partial charge is 0.273 e. The van der Waals surface area contributed by atoms with Crippen molar-refractivity contribution in [3.05, 3.63) is 0 Å². The molecule has 0 saturated carbocycles. The van der Waals surface area contributed by atoms with Gasteiger partial charge in [-0.15, -0.1) is 0 Å². The van der Waals surface area contributed by atoms with E-state index >= 15 is 0 Å². The highest BCUT2D eigenvalue weighted by molar-refractivity contribution is 5.75. The van der Waals surface area contributed by atoms with Gasteiger partial charge in [0.2, 0.25) is 5.91 Å². The second-order valence-corrected chi connectivity index (χ2v) is 3.79. The summed E-state index contributed by atoms with van der Waals surface area (Å²) in [5.74, 6) is 0.109. The average molecular weight is 198 g/mol. The Morgan fingerprint density at radius 1 is 0.929 bits per heavy atom. The van der Waals surface area contributed by atoms with Crippen LogP contribution >= 0.6 is 0 Å². The maximum absolute atomic E-state index is 11.2. The first-order valence-corrected chi connectivity index (χ1v) is 6.01. The van der Waals surface area contributed by atoms with Gasteiger partial charge in [-0.2, -0.15) is 0 Å². The molecule has 1 radical (unpaired) electrons. The summed E-state index contributed by atoms with van der Waals surface area (Å²) in [6.07, 6.45) is 8.76. The normalized spacial score (nSPS) is 10.1. The minimum atomic E-state index is 0.109. The summed E-state index contributed by atoms with van der Waals surface area (Å²) in [4.78, 5) is 11.2. The molecule has 0 atom stereocenters. The highest BCUT2D eigenvalue weighted by atomic mass is 16.1. The molecule has 0 N–H and O–H groups in total. The molecule has 0 saturated heterocycles. The van der Waals surface area contributed by atoms with Gasteiger partial charge in [0, 0.05) is 13.0 Å². The third-order valence-corrected chi connectivity index (χ3v) is 2.29. The van der Waals surface area contributed by atoms with E-state index in [1.165, 1.54) is 32.1 Å². The Hall–Kier alpha value is -0.530. The Kier molecular flexibility index (Phi) is 10.2. The van der Waals surface area contributed by atoms with E-state index in [1.54, 1.807) is 0 Å². The average Bonchev–Trinajstić information content (AvgIpc) is 2.19. The smallest absolute Gasteiger partial charge is 0.241 e. The fourth-order valence-electron chi connectivity index (χ4n) is 1.35. The topological polar surface area (TPSA) is 31.2 Å². The molecule has 0 spiro atoms. The molecule has 0 aliphatic carbocycles.